The highest BCUT2D eigenvalue weighted by Crippen LogP contribution is 2.16. The van der Waals surface area contributed by atoms with E-state index in [1.54, 1.807) is 12.1 Å². The molecule has 0 radical (unpaired) electrons. The summed E-state index contributed by atoms with van der Waals surface area (Å²) in [4.78, 5) is 0. The van der Waals surface area contributed by atoms with Gasteiger partial charge >= 0.3 is 0 Å². The first-order valence-corrected chi connectivity index (χ1v) is 2.26. The minimum atomic E-state index is 0.206. The molecule has 0 bridgehead atoms. The lowest BCUT2D eigenvalue weighted by Crippen LogP contribution is -1.82. The summed E-state index contributed by atoms with van der Waals surface area (Å²) in [5, 5.41) is 4.17. The summed E-state index contributed by atoms with van der Waals surface area (Å²) in [5.41, 5.74) is 0.659. The van der Waals surface area contributed by atoms with Crippen LogP contribution < -0.4 is 5.72 Å². The maximum absolute atomic E-state index is 6.90. The first-order valence-electron chi connectivity index (χ1n) is 3.56. The number of phenols is 1. The molecule has 0 aliphatic rings. The van der Waals surface area contributed by atoms with Crippen LogP contribution in [0.4, 0.5) is 5.69 Å². The number of hydrogen-bond donors (Lipinski definition) is 2. The molecule has 0 fully saturated rings. The highest BCUT2D eigenvalue weighted by molar-refractivity contribution is 5.50. The van der Waals surface area contributed by atoms with Crippen molar-refractivity contribution in [1.29, 1.82) is 1.43 Å². The van der Waals surface area contributed by atoms with Gasteiger partial charge in [-0.25, -0.2) is 0 Å². The van der Waals surface area contributed by atoms with Crippen molar-refractivity contribution in [2.45, 2.75) is 0 Å². The number of para-hydroxylation sites is 2. The number of hydrogen-bond acceptors (Lipinski definition) is 2. The van der Waals surface area contributed by atoms with Crippen molar-refractivity contribution in [3.8, 4) is 5.75 Å². The number of aromatic hydroxyl groups is 1. The van der Waals surface area contributed by atoms with Crippen LogP contribution in [0, 0.1) is 0 Å². The van der Waals surface area contributed by atoms with E-state index in [0.29, 0.717) is 5.72 Å². The zero-order valence-electron chi connectivity index (χ0n) is 7.16. The molecule has 0 heterocycles. The Morgan fingerprint density at radius 2 is 2.50 bits per heavy atom. The fraction of sp³-hybridized carbons (Fsp3) is 0. The maximum Gasteiger partial charge on any atom is 0.293 e. The molecule has 1 rings (SSSR count). The molecule has 8 heavy (non-hydrogen) atoms. The Hall–Kier alpha value is -1.18. The predicted octanol–water partition coefficient (Wildman–Crippen LogP) is 0.974. The number of rotatable bonds is 2. The van der Waals surface area contributed by atoms with Crippen molar-refractivity contribution in [3.63, 3.8) is 0 Å². The van der Waals surface area contributed by atoms with Crippen molar-refractivity contribution < 1.29 is 7.93 Å². The molecule has 3 N–H and O–H groups in total. The molecular weight excluding hydrogens is 102 g/mol. The van der Waals surface area contributed by atoms with Crippen LogP contribution in [0.25, 0.3) is 0 Å². The molecule has 0 spiro atoms. The van der Waals surface area contributed by atoms with Gasteiger partial charge < -0.3 is 10.8 Å². The van der Waals surface area contributed by atoms with Gasteiger partial charge in [0.2, 0.25) is 0 Å². The number of benzene rings is 1. The van der Waals surface area contributed by atoms with Crippen LogP contribution in [0.5, 0.6) is 5.75 Å². The average Bonchev–Trinajstić information content (AvgIpc) is 2.04. The normalized spacial score (nSPS) is 13.2. The molecule has 0 atom stereocenters. The maximum atomic E-state index is 6.90. The summed E-state index contributed by atoms with van der Waals surface area (Å²) in [6, 6.07) is 6.41. The molecule has 2 heteroatoms. The number of anilines is 1. The molecule has 0 unspecified atom stereocenters. The Bertz CT molecular complexity index is 241. The van der Waals surface area contributed by atoms with Gasteiger partial charge in [-0.3, -0.25) is 0 Å². The first kappa shape index (κ1) is 2.40. The standard InChI is InChI=1S/C6H7NO/c7-5-3-1-2-4-6(5)8/h1-4,8H,7H2/i/hD3. The fourth-order valence-electron chi connectivity index (χ4n) is 0.457. The summed E-state index contributed by atoms with van der Waals surface area (Å²) in [6.07, 6.45) is 0. The van der Waals surface area contributed by atoms with Crippen LogP contribution in [0.3, 0.4) is 0 Å². The third kappa shape index (κ3) is 0.729. The van der Waals surface area contributed by atoms with Crippen molar-refractivity contribution in [1.82, 2.24) is 0 Å². The smallest absolute Gasteiger partial charge is 0.293 e. The Balaban J connectivity index is 3.02. The van der Waals surface area contributed by atoms with E-state index in [-0.39, 0.29) is 11.4 Å². The molecular formula is C6H7NO. The molecule has 0 saturated carbocycles. The first-order chi connectivity index (χ1) is 5.25. The van der Waals surface area contributed by atoms with Gasteiger partial charge in [0.25, 0.3) is 1.43 Å². The molecule has 2 nitrogen and oxygen atoms in total. The summed E-state index contributed by atoms with van der Waals surface area (Å²) in [6.45, 7) is 0. The van der Waals surface area contributed by atoms with Crippen LogP contribution in [0.1, 0.15) is 0 Å². The van der Waals surface area contributed by atoms with E-state index in [4.69, 9.17) is 4.25 Å². The van der Waals surface area contributed by atoms with Gasteiger partial charge in [-0.2, -0.15) is 0 Å². The van der Waals surface area contributed by atoms with Gasteiger partial charge in [0.15, 0.2) is 2.82 Å². The van der Waals surface area contributed by atoms with E-state index < -0.39 is 0 Å². The molecule has 0 aromatic heterocycles. The number of nitrogen functional groups attached to an aromatic ring is 1. The Kier molecular flexibility index (Phi) is 0.520. The molecule has 1 aromatic carbocycles. The zero-order valence-corrected chi connectivity index (χ0v) is 4.16. The Morgan fingerprint density at radius 1 is 1.62 bits per heavy atom. The van der Waals surface area contributed by atoms with Crippen LogP contribution in [0.15, 0.2) is 24.3 Å². The summed E-state index contributed by atoms with van der Waals surface area (Å²) < 4.78 is 20.4. The van der Waals surface area contributed by atoms with Crippen LogP contribution >= 0.6 is 0 Å². The fourth-order valence-corrected chi connectivity index (χ4v) is 0.457. The highest BCUT2D eigenvalue weighted by Gasteiger charge is 1.87. The topological polar surface area (TPSA) is 46.2 Å². The third-order valence-corrected chi connectivity index (χ3v) is 0.865. The summed E-state index contributed by atoms with van der Waals surface area (Å²) in [7, 11) is 0. The minimum Gasteiger partial charge on any atom is -0.506 e. The SMILES string of the molecule is [2H]Oc1ccccc1N([2H])[2H]. The van der Waals surface area contributed by atoms with Crippen LogP contribution in [-0.4, -0.2) is 6.54 Å². The largest absolute Gasteiger partial charge is 0.506 e. The Labute approximate surface area is 52.0 Å². The lowest BCUT2D eigenvalue weighted by molar-refractivity contribution is 0.478. The molecule has 1 aromatic rings. The highest BCUT2D eigenvalue weighted by atomic mass is 16.3. The molecule has 42 valence electrons. The van der Waals surface area contributed by atoms with E-state index in [1.807, 2.05) is 0 Å². The monoisotopic (exact) mass is 112 g/mol. The van der Waals surface area contributed by atoms with E-state index >= 15 is 0 Å². The average molecular weight is 112 g/mol. The van der Waals surface area contributed by atoms with Gasteiger partial charge in [-0.05, 0) is 12.1 Å². The zero-order chi connectivity index (χ0) is 8.27. The minimum absolute atomic E-state index is 0.206. The second kappa shape index (κ2) is 1.74. The summed E-state index contributed by atoms with van der Waals surface area (Å²) in [5.74, 6) is 0.206. The third-order valence-electron chi connectivity index (χ3n) is 0.865. The second-order valence-electron chi connectivity index (χ2n) is 1.47. The quantitative estimate of drug-likeness (QED) is 0.442. The van der Waals surface area contributed by atoms with Crippen molar-refractivity contribution in [3.05, 3.63) is 24.3 Å². The van der Waals surface area contributed by atoms with E-state index in [9.17, 15) is 0 Å². The van der Waals surface area contributed by atoms with Crippen molar-refractivity contribution >= 4 is 5.69 Å². The number of nitrogens with two attached hydrogens (primary N) is 1. The van der Waals surface area contributed by atoms with Gasteiger partial charge in [0, 0.05) is 0 Å². The van der Waals surface area contributed by atoms with Gasteiger partial charge in [-0.15, -0.1) is 0 Å². The number of phenolic OH excluding ortho intramolecular Hbond substituents is 1. The second-order valence-corrected chi connectivity index (χ2v) is 1.47. The van der Waals surface area contributed by atoms with Gasteiger partial charge in [-0.1, -0.05) is 12.1 Å². The van der Waals surface area contributed by atoms with Crippen LogP contribution in [-0.2, 0) is 0 Å². The van der Waals surface area contributed by atoms with Crippen molar-refractivity contribution in [2.24, 2.45) is 0 Å². The van der Waals surface area contributed by atoms with E-state index in [0.717, 1.165) is 0 Å². The lowest BCUT2D eigenvalue weighted by atomic mass is 10.3. The Morgan fingerprint density at radius 3 is 3.12 bits per heavy atom. The van der Waals surface area contributed by atoms with E-state index in [1.165, 1.54) is 12.1 Å². The van der Waals surface area contributed by atoms with Crippen LogP contribution in [0.2, 0.25) is 2.82 Å². The molecule has 0 aliphatic heterocycles. The molecule has 0 aliphatic carbocycles. The molecule has 0 amide bonds. The van der Waals surface area contributed by atoms with Gasteiger partial charge in [0.05, 0.1) is 5.69 Å². The van der Waals surface area contributed by atoms with E-state index in [2.05, 4.69) is 5.11 Å². The lowest BCUT2D eigenvalue weighted by Gasteiger charge is -1.92. The van der Waals surface area contributed by atoms with Crippen molar-refractivity contribution in [2.75, 3.05) is 5.72 Å². The molecule has 0 saturated heterocycles. The summed E-state index contributed by atoms with van der Waals surface area (Å²) >= 11 is 0. The predicted molar refractivity (Wildman–Crippen MR) is 32.5 cm³/mol. The van der Waals surface area contributed by atoms with Gasteiger partial charge in [0.1, 0.15) is 5.75 Å².